The first-order valence-corrected chi connectivity index (χ1v) is 13.3. The van der Waals surface area contributed by atoms with Gasteiger partial charge >= 0.3 is 0 Å². The van der Waals surface area contributed by atoms with Gasteiger partial charge in [-0.05, 0) is 42.2 Å². The van der Waals surface area contributed by atoms with Gasteiger partial charge in [0.15, 0.2) is 11.2 Å². The Labute approximate surface area is 226 Å². The molecule has 9 heteroatoms. The Morgan fingerprint density at radius 1 is 1.10 bits per heavy atom. The molecule has 2 atom stereocenters. The van der Waals surface area contributed by atoms with Crippen molar-refractivity contribution in [1.29, 1.82) is 0 Å². The molecular weight excluding hydrogens is 500 g/mol. The second-order valence-corrected chi connectivity index (χ2v) is 9.82. The molecule has 3 aromatic rings. The number of hydrogen-bond acceptors (Lipinski definition) is 7. The standard InChI is InChI=1S/C30H32N2O7/c33-17-20-8-10-21(11-9-20)18-38-28-16-22(24-19-37-25-6-2-1-5-23(25)29(24)35)15-26(39-28)30(36)31-12-4-14-32-13-3-7-27(32)34/h1-2,5-6,8-11,15,19,22,28,33H,3-4,7,12-14,16-18H2,(H,31,36)/t22-,28+/m0/s1. The van der Waals surface area contributed by atoms with Gasteiger partial charge in [-0.3, -0.25) is 14.4 Å². The number of para-hydroxylation sites is 1. The summed E-state index contributed by atoms with van der Waals surface area (Å²) in [6, 6.07) is 14.4. The summed E-state index contributed by atoms with van der Waals surface area (Å²) >= 11 is 0. The van der Waals surface area contributed by atoms with Crippen LogP contribution in [0, 0.1) is 0 Å². The summed E-state index contributed by atoms with van der Waals surface area (Å²) in [4.78, 5) is 40.0. The molecule has 0 saturated carbocycles. The quantitative estimate of drug-likeness (QED) is 0.385. The lowest BCUT2D eigenvalue weighted by Gasteiger charge is -2.29. The molecule has 204 valence electrons. The first-order chi connectivity index (χ1) is 19.0. The predicted octanol–water partition coefficient (Wildman–Crippen LogP) is 3.34. The molecule has 0 bridgehead atoms. The Bertz CT molecular complexity index is 1410. The molecule has 2 aliphatic rings. The molecule has 5 rings (SSSR count). The molecule has 2 aliphatic heterocycles. The summed E-state index contributed by atoms with van der Waals surface area (Å²) in [5.41, 5.74) is 2.45. The van der Waals surface area contributed by atoms with E-state index in [2.05, 4.69) is 5.32 Å². The zero-order valence-corrected chi connectivity index (χ0v) is 21.6. The number of carbonyl (C=O) groups is 2. The summed E-state index contributed by atoms with van der Waals surface area (Å²) < 4.78 is 17.7. The molecule has 1 aromatic heterocycles. The van der Waals surface area contributed by atoms with Gasteiger partial charge in [-0.2, -0.15) is 0 Å². The lowest BCUT2D eigenvalue weighted by atomic mass is 9.93. The Kier molecular flexibility index (Phi) is 8.39. The van der Waals surface area contributed by atoms with E-state index < -0.39 is 18.1 Å². The van der Waals surface area contributed by atoms with Crippen molar-refractivity contribution in [3.63, 3.8) is 0 Å². The maximum atomic E-state index is 13.3. The summed E-state index contributed by atoms with van der Waals surface area (Å²) in [5.74, 6) is -0.623. The van der Waals surface area contributed by atoms with Crippen molar-refractivity contribution in [2.75, 3.05) is 19.6 Å². The van der Waals surface area contributed by atoms with Gasteiger partial charge in [0.05, 0.1) is 24.9 Å². The zero-order valence-electron chi connectivity index (χ0n) is 21.6. The van der Waals surface area contributed by atoms with Gasteiger partial charge in [-0.1, -0.05) is 36.4 Å². The molecule has 1 fully saturated rings. The van der Waals surface area contributed by atoms with E-state index in [1.165, 1.54) is 6.26 Å². The number of aliphatic hydroxyl groups is 1. The number of nitrogens with zero attached hydrogens (tertiary/aromatic N) is 1. The lowest BCUT2D eigenvalue weighted by Crippen LogP contribution is -2.35. The lowest BCUT2D eigenvalue weighted by molar-refractivity contribution is -0.150. The molecule has 2 aromatic carbocycles. The molecule has 2 amide bonds. The van der Waals surface area contributed by atoms with Crippen LogP contribution >= 0.6 is 0 Å². The number of aliphatic hydroxyl groups excluding tert-OH is 1. The number of benzene rings is 2. The van der Waals surface area contributed by atoms with Crippen molar-refractivity contribution in [2.24, 2.45) is 0 Å². The summed E-state index contributed by atoms with van der Waals surface area (Å²) in [6.07, 6.45) is 4.75. The van der Waals surface area contributed by atoms with Crippen molar-refractivity contribution < 1.29 is 28.6 Å². The van der Waals surface area contributed by atoms with Crippen LogP contribution in [0.5, 0.6) is 0 Å². The maximum Gasteiger partial charge on any atom is 0.286 e. The highest BCUT2D eigenvalue weighted by Gasteiger charge is 2.31. The van der Waals surface area contributed by atoms with Crippen LogP contribution < -0.4 is 10.7 Å². The van der Waals surface area contributed by atoms with Gasteiger partial charge in [0.1, 0.15) is 5.58 Å². The molecule has 9 nitrogen and oxygen atoms in total. The number of nitrogens with one attached hydrogen (secondary N) is 1. The molecule has 0 aliphatic carbocycles. The summed E-state index contributed by atoms with van der Waals surface area (Å²) in [6.45, 7) is 1.93. The third-order valence-electron chi connectivity index (χ3n) is 7.09. The number of fused-ring (bicyclic) bond motifs is 1. The number of rotatable bonds is 10. The van der Waals surface area contributed by atoms with E-state index in [1.807, 2.05) is 29.2 Å². The number of amides is 2. The fourth-order valence-corrected chi connectivity index (χ4v) is 4.91. The summed E-state index contributed by atoms with van der Waals surface area (Å²) in [7, 11) is 0. The third kappa shape index (κ3) is 6.38. The fraction of sp³-hybridized carbons (Fsp3) is 0.367. The minimum atomic E-state index is -0.772. The first kappa shape index (κ1) is 26.6. The number of ether oxygens (including phenoxy) is 2. The van der Waals surface area contributed by atoms with Crippen LogP contribution in [0.25, 0.3) is 11.0 Å². The molecule has 1 saturated heterocycles. The zero-order chi connectivity index (χ0) is 27.2. The highest BCUT2D eigenvalue weighted by molar-refractivity contribution is 5.91. The highest BCUT2D eigenvalue weighted by atomic mass is 16.7. The number of hydrogen-bond donors (Lipinski definition) is 2. The SMILES string of the molecule is O=C(NCCCN1CCCC1=O)C1=C[C@H](c2coc3ccccc3c2=O)C[C@H](OCc2ccc(CO)cc2)O1. The van der Waals surface area contributed by atoms with Crippen LogP contribution in [0.15, 0.2) is 75.8 Å². The van der Waals surface area contributed by atoms with E-state index in [-0.39, 0.29) is 30.3 Å². The minimum Gasteiger partial charge on any atom is -0.464 e. The van der Waals surface area contributed by atoms with E-state index in [0.717, 1.165) is 24.1 Å². The van der Waals surface area contributed by atoms with Crippen LogP contribution in [0.3, 0.4) is 0 Å². The van der Waals surface area contributed by atoms with Crippen LogP contribution in [0.4, 0.5) is 0 Å². The average molecular weight is 533 g/mol. The Balaban J connectivity index is 1.30. The van der Waals surface area contributed by atoms with Gasteiger partial charge < -0.3 is 29.2 Å². The molecule has 0 unspecified atom stereocenters. The molecule has 0 radical (unpaired) electrons. The number of likely N-dealkylation sites (tertiary alicyclic amines) is 1. The van der Waals surface area contributed by atoms with Crippen molar-refractivity contribution >= 4 is 22.8 Å². The predicted molar refractivity (Wildman–Crippen MR) is 143 cm³/mol. The Morgan fingerprint density at radius 3 is 2.67 bits per heavy atom. The van der Waals surface area contributed by atoms with Crippen molar-refractivity contribution in [3.8, 4) is 0 Å². The van der Waals surface area contributed by atoms with Gasteiger partial charge in [0, 0.05) is 44.0 Å². The first-order valence-electron chi connectivity index (χ1n) is 13.3. The van der Waals surface area contributed by atoms with Gasteiger partial charge in [-0.25, -0.2) is 0 Å². The molecule has 0 spiro atoms. The summed E-state index contributed by atoms with van der Waals surface area (Å²) in [5, 5.41) is 12.6. The second-order valence-electron chi connectivity index (χ2n) is 9.82. The van der Waals surface area contributed by atoms with E-state index in [0.29, 0.717) is 48.9 Å². The smallest absolute Gasteiger partial charge is 0.286 e. The molecule has 2 N–H and O–H groups in total. The monoisotopic (exact) mass is 532 g/mol. The molecule has 39 heavy (non-hydrogen) atoms. The van der Waals surface area contributed by atoms with E-state index in [1.54, 1.807) is 30.3 Å². The third-order valence-corrected chi connectivity index (χ3v) is 7.09. The topological polar surface area (TPSA) is 118 Å². The van der Waals surface area contributed by atoms with E-state index >= 15 is 0 Å². The van der Waals surface area contributed by atoms with Crippen molar-refractivity contribution in [3.05, 3.63) is 93.5 Å². The average Bonchev–Trinajstić information content (AvgIpc) is 3.38. The number of carbonyl (C=O) groups excluding carboxylic acids is 2. The Hall–Kier alpha value is -3.95. The van der Waals surface area contributed by atoms with Gasteiger partial charge in [-0.15, -0.1) is 0 Å². The Morgan fingerprint density at radius 2 is 1.90 bits per heavy atom. The normalized spacial score (nSPS) is 19.2. The number of allylic oxidation sites excluding steroid dienone is 1. The highest BCUT2D eigenvalue weighted by Crippen LogP contribution is 2.31. The van der Waals surface area contributed by atoms with Crippen LogP contribution in [-0.4, -0.2) is 47.7 Å². The van der Waals surface area contributed by atoms with Crippen molar-refractivity contribution in [2.45, 2.75) is 51.1 Å². The minimum absolute atomic E-state index is 0.0412. The second kappa shape index (κ2) is 12.3. The maximum absolute atomic E-state index is 13.3. The fourth-order valence-electron chi connectivity index (χ4n) is 4.91. The van der Waals surface area contributed by atoms with Gasteiger partial charge in [0.25, 0.3) is 5.91 Å². The van der Waals surface area contributed by atoms with Crippen LogP contribution in [0.1, 0.15) is 48.3 Å². The van der Waals surface area contributed by atoms with Gasteiger partial charge in [0.2, 0.25) is 12.2 Å². The molecule has 3 heterocycles. The van der Waals surface area contributed by atoms with Crippen molar-refractivity contribution in [1.82, 2.24) is 10.2 Å². The van der Waals surface area contributed by atoms with E-state index in [4.69, 9.17) is 13.9 Å². The van der Waals surface area contributed by atoms with Crippen LogP contribution in [0.2, 0.25) is 0 Å². The van der Waals surface area contributed by atoms with Crippen LogP contribution in [-0.2, 0) is 32.3 Å². The van der Waals surface area contributed by atoms with E-state index in [9.17, 15) is 19.5 Å². The molecular formula is C30H32N2O7. The largest absolute Gasteiger partial charge is 0.464 e.